The van der Waals surface area contributed by atoms with Crippen LogP contribution in [-0.4, -0.2) is 71.1 Å². The third kappa shape index (κ3) is 13.0. The Kier molecular flexibility index (Phi) is 16.4. The van der Waals surface area contributed by atoms with E-state index in [0.29, 0.717) is 24.8 Å². The lowest BCUT2D eigenvalue weighted by Crippen LogP contribution is -2.59. The minimum Gasteiger partial charge on any atom is -0.479 e. The molecule has 0 saturated heterocycles. The summed E-state index contributed by atoms with van der Waals surface area (Å²) in [5.74, 6) is -5.71. The third-order valence-corrected chi connectivity index (χ3v) is 9.86. The van der Waals surface area contributed by atoms with Crippen molar-refractivity contribution in [2.24, 2.45) is 5.92 Å². The number of carbonyl (C=O) groups excluding carboxylic acids is 6. The van der Waals surface area contributed by atoms with Crippen molar-refractivity contribution >= 4 is 47.4 Å². The molecule has 4 atom stereocenters. The first-order chi connectivity index (χ1) is 26.0. The molecule has 2 bridgehead atoms. The van der Waals surface area contributed by atoms with E-state index in [1.807, 2.05) is 30.3 Å². The van der Waals surface area contributed by atoms with Crippen LogP contribution >= 0.6 is 0 Å². The molecule has 1 aliphatic heterocycles. The summed E-state index contributed by atoms with van der Waals surface area (Å²) in [5, 5.41) is 22.7. The second-order valence-electron chi connectivity index (χ2n) is 14.1. The zero-order valence-corrected chi connectivity index (χ0v) is 30.9. The van der Waals surface area contributed by atoms with Crippen molar-refractivity contribution in [1.29, 1.82) is 0 Å². The molecule has 4 rings (SSSR count). The molecule has 54 heavy (non-hydrogen) atoms. The SMILES string of the molecule is CCCC(NC(=O)[C@@H]1Cc2cccc(c2)/C=C/CCCCCC(=O)N[C@@H](C2CCCCC2)C(=O)N1)C(=O)C(=O)NCC(=O)N[C@H](C(=O)O)c1ccccc1. The van der Waals surface area contributed by atoms with Gasteiger partial charge in [-0.25, -0.2) is 4.79 Å². The van der Waals surface area contributed by atoms with Gasteiger partial charge < -0.3 is 31.7 Å². The normalized spacial score (nSPS) is 20.5. The number of allylic oxidation sites excluding steroid dienone is 1. The Balaban J connectivity index is 1.51. The van der Waals surface area contributed by atoms with Crippen LogP contribution in [0.15, 0.2) is 60.7 Å². The van der Waals surface area contributed by atoms with Crippen LogP contribution in [0.5, 0.6) is 0 Å². The van der Waals surface area contributed by atoms with E-state index in [2.05, 4.69) is 32.7 Å². The molecule has 13 heteroatoms. The minimum absolute atomic E-state index is 0.0795. The van der Waals surface area contributed by atoms with E-state index < -0.39 is 66.1 Å². The molecule has 290 valence electrons. The van der Waals surface area contributed by atoms with Crippen LogP contribution in [0.3, 0.4) is 0 Å². The van der Waals surface area contributed by atoms with Crippen molar-refractivity contribution in [3.8, 4) is 0 Å². The number of carboxylic acid groups (broad SMARTS) is 1. The zero-order valence-electron chi connectivity index (χ0n) is 30.9. The topological polar surface area (TPSA) is 200 Å². The number of fused-ring (bicyclic) bond motifs is 2. The number of rotatable bonds is 12. The summed E-state index contributed by atoms with van der Waals surface area (Å²) < 4.78 is 0. The Morgan fingerprint density at radius 1 is 0.870 bits per heavy atom. The zero-order chi connectivity index (χ0) is 38.9. The number of Topliss-reactive ketones (excluding diaryl/α,β-unsaturated/α-hetero) is 1. The lowest BCUT2D eigenvalue weighted by molar-refractivity contribution is -0.142. The van der Waals surface area contributed by atoms with Gasteiger partial charge in [-0.15, -0.1) is 0 Å². The van der Waals surface area contributed by atoms with Gasteiger partial charge in [-0.05, 0) is 61.1 Å². The maximum atomic E-state index is 14.0. The average molecular weight is 744 g/mol. The van der Waals surface area contributed by atoms with Gasteiger partial charge in [-0.3, -0.25) is 28.8 Å². The highest BCUT2D eigenvalue weighted by Crippen LogP contribution is 2.27. The Labute approximate surface area is 316 Å². The molecule has 1 heterocycles. The van der Waals surface area contributed by atoms with Crippen molar-refractivity contribution < 1.29 is 38.7 Å². The van der Waals surface area contributed by atoms with Crippen LogP contribution in [-0.2, 0) is 40.0 Å². The van der Waals surface area contributed by atoms with Crippen LogP contribution in [0.25, 0.3) is 6.08 Å². The third-order valence-electron chi connectivity index (χ3n) is 9.86. The molecule has 2 aromatic carbocycles. The van der Waals surface area contributed by atoms with Crippen molar-refractivity contribution in [2.75, 3.05) is 6.54 Å². The Bertz CT molecular complexity index is 1660. The maximum absolute atomic E-state index is 14.0. The molecule has 1 fully saturated rings. The predicted molar refractivity (Wildman–Crippen MR) is 203 cm³/mol. The van der Waals surface area contributed by atoms with Gasteiger partial charge in [0, 0.05) is 12.8 Å². The fraction of sp³-hybridized carbons (Fsp3) is 0.488. The van der Waals surface area contributed by atoms with Crippen molar-refractivity contribution in [3.63, 3.8) is 0 Å². The van der Waals surface area contributed by atoms with Gasteiger partial charge in [0.2, 0.25) is 29.4 Å². The maximum Gasteiger partial charge on any atom is 0.330 e. The number of hydrogen-bond acceptors (Lipinski definition) is 7. The van der Waals surface area contributed by atoms with E-state index in [-0.39, 0.29) is 24.7 Å². The summed E-state index contributed by atoms with van der Waals surface area (Å²) in [5.41, 5.74) is 2.02. The molecule has 2 aromatic rings. The van der Waals surface area contributed by atoms with Crippen LogP contribution in [0.2, 0.25) is 0 Å². The minimum atomic E-state index is -1.37. The fourth-order valence-electron chi connectivity index (χ4n) is 6.97. The van der Waals surface area contributed by atoms with Crippen molar-refractivity contribution in [3.05, 3.63) is 77.4 Å². The predicted octanol–water partition coefficient (Wildman–Crippen LogP) is 3.67. The molecule has 5 amide bonds. The summed E-state index contributed by atoms with van der Waals surface area (Å²) in [6, 6.07) is 11.0. The van der Waals surface area contributed by atoms with Crippen molar-refractivity contribution in [2.45, 2.75) is 115 Å². The number of amides is 5. The summed E-state index contributed by atoms with van der Waals surface area (Å²) >= 11 is 0. The van der Waals surface area contributed by atoms with Gasteiger partial charge >= 0.3 is 5.97 Å². The Morgan fingerprint density at radius 3 is 2.33 bits per heavy atom. The molecule has 1 unspecified atom stereocenters. The second kappa shape index (κ2) is 21.4. The number of carboxylic acids is 1. The number of benzene rings is 2. The Morgan fingerprint density at radius 2 is 1.61 bits per heavy atom. The second-order valence-corrected chi connectivity index (χ2v) is 14.1. The average Bonchev–Trinajstić information content (AvgIpc) is 3.17. The van der Waals surface area contributed by atoms with Gasteiger partial charge in [0.15, 0.2) is 6.04 Å². The van der Waals surface area contributed by atoms with Crippen LogP contribution in [0, 0.1) is 5.92 Å². The first-order valence-electron chi connectivity index (χ1n) is 19.1. The van der Waals surface area contributed by atoms with Crippen LogP contribution in [0.1, 0.15) is 107 Å². The first-order valence-corrected chi connectivity index (χ1v) is 19.1. The van der Waals surface area contributed by atoms with E-state index >= 15 is 0 Å². The smallest absolute Gasteiger partial charge is 0.330 e. The molecular formula is C41H53N5O8. The highest BCUT2D eigenvalue weighted by Gasteiger charge is 2.35. The molecule has 0 spiro atoms. The number of ketones is 1. The van der Waals surface area contributed by atoms with E-state index in [0.717, 1.165) is 62.5 Å². The van der Waals surface area contributed by atoms with E-state index in [1.165, 1.54) is 12.1 Å². The summed E-state index contributed by atoms with van der Waals surface area (Å²) in [4.78, 5) is 91.9. The van der Waals surface area contributed by atoms with Crippen LogP contribution < -0.4 is 26.6 Å². The monoisotopic (exact) mass is 743 g/mol. The first kappa shape index (κ1) is 41.4. The number of hydrogen-bond donors (Lipinski definition) is 6. The van der Waals surface area contributed by atoms with E-state index in [9.17, 15) is 38.7 Å². The number of aliphatic carboxylic acids is 1. The van der Waals surface area contributed by atoms with Gasteiger partial charge in [0.05, 0.1) is 12.6 Å². The lowest BCUT2D eigenvalue weighted by atomic mass is 9.83. The highest BCUT2D eigenvalue weighted by atomic mass is 16.4. The standard InChI is InChI=1S/C41H53N5O8/c1-2-15-31(37(49)40(52)42-26-34(48)46-36(41(53)54)30-21-11-7-12-22-30)43-38(50)32-25-28-18-14-17-27(24-28)16-8-4-3-5-13-23-33(47)45-35(39(51)44-32)29-19-9-6-10-20-29/h7-8,11-12,14,16-18,21-22,24,29,31-32,35-36H,2-6,9-10,13,15,19-20,23,25-26H2,1H3,(H,42,52)(H,43,50)(H,44,51)(H,45,47)(H,46,48)(H,53,54)/b16-8+/t31?,32-,35-,36-/m0/s1. The molecule has 6 N–H and O–H groups in total. The molecule has 1 saturated carbocycles. The molecule has 13 nitrogen and oxygen atoms in total. The molecule has 0 radical (unpaired) electrons. The molecule has 0 aromatic heterocycles. The van der Waals surface area contributed by atoms with Crippen molar-refractivity contribution in [1.82, 2.24) is 26.6 Å². The number of nitrogens with one attached hydrogen (secondary N) is 5. The molecule has 2 aliphatic rings. The fourth-order valence-corrected chi connectivity index (χ4v) is 6.97. The van der Waals surface area contributed by atoms with Gasteiger partial charge in [0.1, 0.15) is 12.1 Å². The summed E-state index contributed by atoms with van der Waals surface area (Å²) in [7, 11) is 0. The Hall–Kier alpha value is -5.33. The van der Waals surface area contributed by atoms with Crippen LogP contribution in [0.4, 0.5) is 0 Å². The quantitative estimate of drug-likeness (QED) is 0.177. The van der Waals surface area contributed by atoms with Gasteiger partial charge in [-0.1, -0.05) is 106 Å². The largest absolute Gasteiger partial charge is 0.479 e. The highest BCUT2D eigenvalue weighted by molar-refractivity contribution is 6.38. The van der Waals surface area contributed by atoms with Gasteiger partial charge in [0.25, 0.3) is 5.91 Å². The van der Waals surface area contributed by atoms with E-state index in [4.69, 9.17) is 0 Å². The summed E-state index contributed by atoms with van der Waals surface area (Å²) in [6.45, 7) is 1.10. The van der Waals surface area contributed by atoms with Gasteiger partial charge in [-0.2, -0.15) is 0 Å². The number of carbonyl (C=O) groups is 7. The molecular weight excluding hydrogens is 690 g/mol. The lowest BCUT2D eigenvalue weighted by Gasteiger charge is -2.31. The van der Waals surface area contributed by atoms with E-state index in [1.54, 1.807) is 25.1 Å². The molecule has 1 aliphatic carbocycles. The summed E-state index contributed by atoms with van der Waals surface area (Å²) in [6.07, 6.45) is 12.8.